The second-order valence-electron chi connectivity index (χ2n) is 29.7. The number of carbonyl (C=O) groups is 3. The third kappa shape index (κ3) is 19.6. The highest BCUT2D eigenvalue weighted by molar-refractivity contribution is 7.86. The van der Waals surface area contributed by atoms with Crippen molar-refractivity contribution in [1.29, 1.82) is 0 Å². The molecule has 600 valence electrons. The Bertz CT molecular complexity index is 4130. The van der Waals surface area contributed by atoms with E-state index in [1.165, 1.54) is 20.8 Å². The molecule has 6 aliphatic rings. The molecular weight excluding hydrogens is 1510 g/mol. The van der Waals surface area contributed by atoms with Crippen molar-refractivity contribution in [3.05, 3.63) is 212 Å². The van der Waals surface area contributed by atoms with E-state index in [4.69, 9.17) is 18.4 Å². The number of piperazine rings is 3. The average Bonchev–Trinajstić information content (AvgIpc) is 0.765. The SMILES string of the molecule is C[C@@H](OC[C@@]1(c2ccccc2)CC[C@]2(C)CN1CC(=O)N2)c1cc(C(F)(F)F)cc(C(F)(F)F)c1.C[C@@H](OC[C@@]1(c2ccccc2)CC[C@]2(C)CN1CC(=O)N2)c1cc(C(F)(F)F)cc(C(F)(F)F)c1.C[C@@H](OC[C@@]1(c2ccccc2)CC[C@]2(COS(C)(=O)=O)CN1CC(=O)N2)c1cc(C(F)(F)F)cc(C(F)(F)F)c1. The number of alkyl halides is 18. The van der Waals surface area contributed by atoms with Crippen molar-refractivity contribution in [2.45, 2.75) is 162 Å². The lowest BCUT2D eigenvalue weighted by atomic mass is 9.73. The number of ether oxygens (including phenoxy) is 3. The smallest absolute Gasteiger partial charge is 0.372 e. The molecule has 6 fully saturated rings. The van der Waals surface area contributed by atoms with Crippen LogP contribution in [0.3, 0.4) is 0 Å². The van der Waals surface area contributed by atoms with E-state index in [0.29, 0.717) is 81.6 Å². The van der Waals surface area contributed by atoms with Gasteiger partial charge in [0.15, 0.2) is 0 Å². The molecule has 6 aromatic carbocycles. The molecule has 0 spiro atoms. The van der Waals surface area contributed by atoms with Gasteiger partial charge in [-0.3, -0.25) is 33.3 Å². The lowest BCUT2D eigenvalue weighted by Crippen LogP contribution is -2.73. The van der Waals surface area contributed by atoms with Gasteiger partial charge in [-0.05, 0) is 161 Å². The minimum absolute atomic E-state index is 0.000856. The number of piperidine rings is 3. The zero-order valence-corrected chi connectivity index (χ0v) is 60.9. The molecular formula is C76H80F18N6O9S. The van der Waals surface area contributed by atoms with E-state index in [-0.39, 0.29) is 112 Å². The molecule has 34 heteroatoms. The van der Waals surface area contributed by atoms with E-state index in [9.17, 15) is 102 Å². The highest BCUT2D eigenvalue weighted by atomic mass is 32.2. The first kappa shape index (κ1) is 84.6. The molecule has 15 nitrogen and oxygen atoms in total. The van der Waals surface area contributed by atoms with Gasteiger partial charge in [0.25, 0.3) is 10.1 Å². The number of amides is 3. The quantitative estimate of drug-likeness (QED) is 0.0551. The van der Waals surface area contributed by atoms with Gasteiger partial charge in [-0.25, -0.2) is 0 Å². The van der Waals surface area contributed by atoms with E-state index in [0.717, 1.165) is 22.9 Å². The maximum atomic E-state index is 13.4. The summed E-state index contributed by atoms with van der Waals surface area (Å²) in [6.07, 6.45) is -29.0. The van der Waals surface area contributed by atoms with Crippen molar-refractivity contribution >= 4 is 27.8 Å². The van der Waals surface area contributed by atoms with Crippen molar-refractivity contribution < 1.29 is 120 Å². The van der Waals surface area contributed by atoms with Crippen LogP contribution in [-0.2, 0) is 96.6 Å². The minimum atomic E-state index is -5.00. The maximum absolute atomic E-state index is 13.4. The van der Waals surface area contributed by atoms with Crippen molar-refractivity contribution in [3.63, 3.8) is 0 Å². The van der Waals surface area contributed by atoms with Crippen LogP contribution in [0.4, 0.5) is 79.0 Å². The molecule has 0 aromatic heterocycles. The Morgan fingerprint density at radius 1 is 0.373 bits per heavy atom. The largest absolute Gasteiger partial charge is 0.416 e. The summed E-state index contributed by atoms with van der Waals surface area (Å²) < 4.78 is 287. The van der Waals surface area contributed by atoms with Gasteiger partial charge in [0.05, 0.1) is 137 Å². The van der Waals surface area contributed by atoms with E-state index >= 15 is 0 Å². The lowest BCUT2D eigenvalue weighted by Gasteiger charge is -2.56. The standard InChI is InChI=1S/C26H28F6N2O5S.2C25H26F6N2O2/c1-17(18-10-20(25(27,28)29)12-21(11-18)26(30,31)32)38-16-24(19-6-4-3-5-7-19)9-8-23(15-39-40(2,36)37)14-34(24)13-22(35)33-23;2*1-16(17-10-19(24(26,27)28)12-20(11-17)25(29,30)31)35-15-23(18-6-4-3-5-7-18)9-8-22(2)14-33(23)13-21(34)32-22/h3-7,10-12,17H,8-9,13-16H2,1-2H3,(H,33,35);2*3-7,10-12,16H,8-9,13-15H2,1-2H3,(H,32,34)/t17-,23-,24-;2*16-,22-,23-/m111/s1. The van der Waals surface area contributed by atoms with Crippen molar-refractivity contribution in [1.82, 2.24) is 30.7 Å². The molecule has 3 unspecified atom stereocenters. The molecule has 12 rings (SSSR count). The predicted octanol–water partition coefficient (Wildman–Crippen LogP) is 16.0. The number of hydrogen-bond acceptors (Lipinski definition) is 12. The highest BCUT2D eigenvalue weighted by Crippen LogP contribution is 2.49. The van der Waals surface area contributed by atoms with Gasteiger partial charge in [-0.2, -0.15) is 87.4 Å². The van der Waals surface area contributed by atoms with Crippen LogP contribution in [0.25, 0.3) is 0 Å². The molecule has 0 saturated carbocycles. The zero-order valence-electron chi connectivity index (χ0n) is 60.1. The van der Waals surface area contributed by atoms with Crippen molar-refractivity contribution in [3.8, 4) is 0 Å². The number of fused-ring (bicyclic) bond motifs is 6. The van der Waals surface area contributed by atoms with E-state index < -0.39 is 132 Å². The first-order valence-corrected chi connectivity index (χ1v) is 36.6. The fourth-order valence-corrected chi connectivity index (χ4v) is 15.8. The summed E-state index contributed by atoms with van der Waals surface area (Å²) >= 11 is 0. The molecule has 110 heavy (non-hydrogen) atoms. The van der Waals surface area contributed by atoms with Crippen LogP contribution >= 0.6 is 0 Å². The van der Waals surface area contributed by atoms with Crippen LogP contribution < -0.4 is 16.0 Å². The Balaban J connectivity index is 0.000000176. The second-order valence-corrected chi connectivity index (χ2v) is 31.3. The summed E-state index contributed by atoms with van der Waals surface area (Å²) in [5.41, 5.74) is -10.9. The van der Waals surface area contributed by atoms with E-state index in [1.54, 1.807) is 35.2 Å². The summed E-state index contributed by atoms with van der Waals surface area (Å²) in [5.74, 6) is -0.664. The summed E-state index contributed by atoms with van der Waals surface area (Å²) in [6, 6.07) is 31.9. The highest BCUT2D eigenvalue weighted by Gasteiger charge is 2.56. The molecule has 3 amide bonds. The zero-order chi connectivity index (χ0) is 80.9. The number of rotatable bonds is 18. The Morgan fingerprint density at radius 3 is 0.891 bits per heavy atom. The Morgan fingerprint density at radius 2 is 0.627 bits per heavy atom. The monoisotopic (exact) mass is 1590 g/mol. The van der Waals surface area contributed by atoms with Gasteiger partial charge in [0.1, 0.15) is 0 Å². The normalized spacial score (nSPS) is 27.3. The Labute approximate surface area is 622 Å². The topological polar surface area (TPSA) is 168 Å². The first-order valence-electron chi connectivity index (χ1n) is 34.8. The molecule has 3 N–H and O–H groups in total. The van der Waals surface area contributed by atoms with Crippen LogP contribution in [0.2, 0.25) is 0 Å². The molecule has 6 heterocycles. The van der Waals surface area contributed by atoms with E-state index in [1.807, 2.05) is 84.3 Å². The summed E-state index contributed by atoms with van der Waals surface area (Å²) in [4.78, 5) is 43.4. The van der Waals surface area contributed by atoms with Gasteiger partial charge in [0, 0.05) is 19.6 Å². The van der Waals surface area contributed by atoms with E-state index in [2.05, 4.69) is 16.0 Å². The molecule has 6 bridgehead atoms. The third-order valence-electron chi connectivity index (χ3n) is 21.3. The van der Waals surface area contributed by atoms with Gasteiger partial charge < -0.3 is 30.2 Å². The van der Waals surface area contributed by atoms with Gasteiger partial charge >= 0.3 is 37.1 Å². The number of nitrogens with one attached hydrogen (secondary N) is 3. The number of hydrogen-bond donors (Lipinski definition) is 3. The Kier molecular flexibility index (Phi) is 24.0. The second kappa shape index (κ2) is 31.3. The first-order chi connectivity index (χ1) is 50.9. The fraction of sp³-hybridized carbons (Fsp3) is 0.487. The maximum Gasteiger partial charge on any atom is 0.416 e. The van der Waals surface area contributed by atoms with Crippen molar-refractivity contribution in [2.75, 3.05) is 72.0 Å². The molecule has 0 radical (unpaired) electrons. The number of halogens is 18. The average molecular weight is 1600 g/mol. The minimum Gasteiger partial charge on any atom is -0.372 e. The van der Waals surface area contributed by atoms with Crippen molar-refractivity contribution in [2.24, 2.45) is 0 Å². The molecule has 6 saturated heterocycles. The third-order valence-corrected chi connectivity index (χ3v) is 21.9. The van der Waals surface area contributed by atoms with Crippen LogP contribution in [0, 0.1) is 0 Å². The van der Waals surface area contributed by atoms with Gasteiger partial charge in [-0.15, -0.1) is 0 Å². The van der Waals surface area contributed by atoms with Crippen LogP contribution in [0.1, 0.15) is 158 Å². The predicted molar refractivity (Wildman–Crippen MR) is 364 cm³/mol. The molecule has 12 atom stereocenters. The Hall–Kier alpha value is -7.86. The molecule has 0 aliphatic carbocycles. The summed E-state index contributed by atoms with van der Waals surface area (Å²) in [6.45, 7) is 9.11. The number of nitrogens with zero attached hydrogens (tertiary/aromatic N) is 3. The van der Waals surface area contributed by atoms with Gasteiger partial charge in [-0.1, -0.05) is 91.0 Å². The van der Waals surface area contributed by atoms with Gasteiger partial charge in [0.2, 0.25) is 17.7 Å². The molecule has 6 aromatic rings. The van der Waals surface area contributed by atoms with Crippen LogP contribution in [0.15, 0.2) is 146 Å². The van der Waals surface area contributed by atoms with Crippen LogP contribution in [0.5, 0.6) is 0 Å². The lowest BCUT2D eigenvalue weighted by molar-refractivity contribution is -0.146. The number of carbonyl (C=O) groups excluding carboxylic acids is 3. The number of benzene rings is 6. The van der Waals surface area contributed by atoms with Crippen LogP contribution in [-0.4, -0.2) is 129 Å². The molecule has 6 aliphatic heterocycles. The fourth-order valence-electron chi connectivity index (χ4n) is 15.4. The summed E-state index contributed by atoms with van der Waals surface area (Å²) in [5, 5.41) is 8.85. The summed E-state index contributed by atoms with van der Waals surface area (Å²) in [7, 11) is -3.80.